The third-order valence-corrected chi connectivity index (χ3v) is 10.4. The van der Waals surface area contributed by atoms with Crippen LogP contribution in [0.4, 0.5) is 0 Å². The number of aliphatic hydroxyl groups is 2. The van der Waals surface area contributed by atoms with Gasteiger partial charge in [0.2, 0.25) is 0 Å². The molecular formula is C25H39N3O3. The summed E-state index contributed by atoms with van der Waals surface area (Å²) in [6, 6.07) is 0. The number of aliphatic hydroxyl groups excluding tert-OH is 1. The number of carbonyl (C=O) groups excluding carboxylic acids is 1. The van der Waals surface area contributed by atoms with Gasteiger partial charge >= 0.3 is 0 Å². The molecule has 0 bridgehead atoms. The van der Waals surface area contributed by atoms with E-state index in [9.17, 15) is 15.0 Å². The predicted molar refractivity (Wildman–Crippen MR) is 117 cm³/mol. The van der Waals surface area contributed by atoms with Gasteiger partial charge in [0.25, 0.3) is 0 Å². The van der Waals surface area contributed by atoms with Crippen LogP contribution in [0.1, 0.15) is 78.1 Å². The summed E-state index contributed by atoms with van der Waals surface area (Å²) in [4.78, 5) is 14.8. The molecular weight excluding hydrogens is 390 g/mol. The molecule has 4 aliphatic rings. The van der Waals surface area contributed by atoms with E-state index in [4.69, 9.17) is 0 Å². The maximum Gasteiger partial charge on any atom is 0.159 e. The first-order chi connectivity index (χ1) is 14.8. The van der Waals surface area contributed by atoms with E-state index in [1.807, 2.05) is 6.92 Å². The average Bonchev–Trinajstić information content (AvgIpc) is 3.35. The highest BCUT2D eigenvalue weighted by molar-refractivity contribution is 5.82. The molecule has 1 aromatic rings. The first kappa shape index (κ1) is 21.6. The van der Waals surface area contributed by atoms with Crippen molar-refractivity contribution < 1.29 is 15.0 Å². The third kappa shape index (κ3) is 3.40. The zero-order valence-corrected chi connectivity index (χ0v) is 19.2. The largest absolute Gasteiger partial charge is 0.396 e. The smallest absolute Gasteiger partial charge is 0.159 e. The van der Waals surface area contributed by atoms with Gasteiger partial charge in [0, 0.05) is 12.5 Å². The van der Waals surface area contributed by atoms with Crippen molar-refractivity contribution in [2.24, 2.45) is 40.4 Å². The topological polar surface area (TPSA) is 88.2 Å². The molecule has 4 fully saturated rings. The molecule has 0 amide bonds. The summed E-state index contributed by atoms with van der Waals surface area (Å²) in [7, 11) is 0. The minimum absolute atomic E-state index is 0.0821. The summed E-state index contributed by atoms with van der Waals surface area (Å²) < 4.78 is 0. The van der Waals surface area contributed by atoms with Crippen molar-refractivity contribution in [2.45, 2.75) is 90.2 Å². The molecule has 1 aromatic heterocycles. The number of hydrogen-bond acceptors (Lipinski definition) is 5. The van der Waals surface area contributed by atoms with Gasteiger partial charge in [-0.25, -0.2) is 0 Å². The Kier molecular flexibility index (Phi) is 5.32. The molecule has 0 spiro atoms. The van der Waals surface area contributed by atoms with Crippen LogP contribution in [0, 0.1) is 40.4 Å². The molecule has 0 radical (unpaired) electrons. The van der Waals surface area contributed by atoms with Crippen molar-refractivity contribution >= 4 is 5.78 Å². The van der Waals surface area contributed by atoms with E-state index in [1.165, 1.54) is 24.1 Å². The number of nitrogens with zero attached hydrogens (tertiary/aromatic N) is 3. The molecule has 1 heterocycles. The van der Waals surface area contributed by atoms with E-state index in [-0.39, 0.29) is 23.4 Å². The highest BCUT2D eigenvalue weighted by Gasteiger charge is 2.62. The van der Waals surface area contributed by atoms with Gasteiger partial charge in [0.15, 0.2) is 5.78 Å². The number of Topliss-reactive ketones (excluding diaryl/α,β-unsaturated/α-hetero) is 1. The van der Waals surface area contributed by atoms with Crippen molar-refractivity contribution in [3.8, 4) is 0 Å². The normalized spacial score (nSPS) is 46.8. The number of hydrogen-bond donors (Lipinski definition) is 2. The fraction of sp³-hybridized carbons (Fsp3) is 0.880. The van der Waals surface area contributed by atoms with Gasteiger partial charge < -0.3 is 10.2 Å². The molecule has 0 aliphatic heterocycles. The van der Waals surface area contributed by atoms with E-state index < -0.39 is 5.60 Å². The summed E-state index contributed by atoms with van der Waals surface area (Å²) in [5, 5.41) is 29.1. The van der Waals surface area contributed by atoms with Crippen LogP contribution in [-0.2, 0) is 11.3 Å². The Labute approximate surface area is 185 Å². The van der Waals surface area contributed by atoms with Crippen LogP contribution in [-0.4, -0.2) is 43.2 Å². The minimum atomic E-state index is -0.551. The highest BCUT2D eigenvalue weighted by Crippen LogP contribution is 2.69. The molecule has 8 atom stereocenters. The molecule has 4 aliphatic carbocycles. The van der Waals surface area contributed by atoms with E-state index in [2.05, 4.69) is 17.1 Å². The van der Waals surface area contributed by atoms with Gasteiger partial charge in [0.1, 0.15) is 6.54 Å². The highest BCUT2D eigenvalue weighted by atomic mass is 16.3. The molecule has 0 saturated heterocycles. The van der Waals surface area contributed by atoms with Crippen LogP contribution in [0.5, 0.6) is 0 Å². The maximum absolute atomic E-state index is 13.2. The number of rotatable bonds is 5. The summed E-state index contributed by atoms with van der Waals surface area (Å²) >= 11 is 0. The van der Waals surface area contributed by atoms with Gasteiger partial charge in [-0.2, -0.15) is 15.0 Å². The quantitative estimate of drug-likeness (QED) is 0.746. The van der Waals surface area contributed by atoms with E-state index in [0.29, 0.717) is 36.0 Å². The van der Waals surface area contributed by atoms with Gasteiger partial charge in [-0.05, 0) is 106 Å². The summed E-state index contributed by atoms with van der Waals surface area (Å²) in [5.74, 6) is 2.83. The molecule has 0 aromatic carbocycles. The van der Waals surface area contributed by atoms with Crippen molar-refractivity contribution in [1.82, 2.24) is 15.0 Å². The van der Waals surface area contributed by atoms with Crippen LogP contribution < -0.4 is 0 Å². The van der Waals surface area contributed by atoms with Crippen LogP contribution in [0.15, 0.2) is 12.4 Å². The zero-order chi connectivity index (χ0) is 21.9. The summed E-state index contributed by atoms with van der Waals surface area (Å²) in [6.45, 7) is 4.93. The Bertz CT molecular complexity index is 809. The lowest BCUT2D eigenvalue weighted by molar-refractivity contribution is -0.163. The maximum atomic E-state index is 13.2. The molecule has 2 N–H and O–H groups in total. The number of aromatic nitrogens is 3. The fourth-order valence-electron chi connectivity index (χ4n) is 9.04. The van der Waals surface area contributed by atoms with Gasteiger partial charge in [-0.1, -0.05) is 6.92 Å². The summed E-state index contributed by atoms with van der Waals surface area (Å²) in [5.41, 5.74) is -0.286. The van der Waals surface area contributed by atoms with Crippen molar-refractivity contribution in [3.05, 3.63) is 12.4 Å². The molecule has 5 rings (SSSR count). The second-order valence-corrected chi connectivity index (χ2v) is 11.8. The van der Waals surface area contributed by atoms with Gasteiger partial charge in [0.05, 0.1) is 18.0 Å². The molecule has 6 heteroatoms. The first-order valence-corrected chi connectivity index (χ1v) is 12.5. The van der Waals surface area contributed by atoms with Crippen molar-refractivity contribution in [1.29, 1.82) is 0 Å². The Morgan fingerprint density at radius 1 is 1.03 bits per heavy atom. The van der Waals surface area contributed by atoms with Crippen LogP contribution in [0.3, 0.4) is 0 Å². The van der Waals surface area contributed by atoms with Crippen LogP contribution in [0.2, 0.25) is 0 Å². The molecule has 0 unspecified atom stereocenters. The van der Waals surface area contributed by atoms with Crippen molar-refractivity contribution in [2.75, 3.05) is 6.61 Å². The minimum Gasteiger partial charge on any atom is -0.396 e. The molecule has 4 saturated carbocycles. The number of fused-ring (bicyclic) bond motifs is 5. The Hall–Kier alpha value is -1.27. The lowest BCUT2D eigenvalue weighted by Gasteiger charge is -2.63. The lowest BCUT2D eigenvalue weighted by atomic mass is 9.42. The predicted octanol–water partition coefficient (Wildman–Crippen LogP) is 3.62. The van der Waals surface area contributed by atoms with Crippen molar-refractivity contribution in [3.63, 3.8) is 0 Å². The zero-order valence-electron chi connectivity index (χ0n) is 19.2. The number of ketones is 1. The SMILES string of the molecule is C[C@@]1(O)CC[C@@]2(CCO)[C@@H](CC[C@H]3[C@@H]4CC[C@H](C(=O)Cn5nccn5)[C@@]4(C)CC[C@@H]32)C1. The average molecular weight is 430 g/mol. The first-order valence-electron chi connectivity index (χ1n) is 12.5. The second kappa shape index (κ2) is 7.65. The Balaban J connectivity index is 1.38. The standard InChI is InChI=1S/C25H39N3O3/c1-23(31)9-10-25(11-14-29)17(15-23)3-4-18-19-5-6-21(24(19,2)8-7-20(18)25)22(30)16-28-26-12-13-27-28/h12-13,17-21,29,31H,3-11,14-16H2,1-2H3/t17-,18-,19-,20-,21+,23+,24-,25+/m0/s1. The fourth-order valence-corrected chi connectivity index (χ4v) is 9.04. The monoisotopic (exact) mass is 429 g/mol. The van der Waals surface area contributed by atoms with E-state index in [1.54, 1.807) is 12.4 Å². The second-order valence-electron chi connectivity index (χ2n) is 11.8. The summed E-state index contributed by atoms with van der Waals surface area (Å²) in [6.07, 6.45) is 13.8. The lowest BCUT2D eigenvalue weighted by Crippen LogP contribution is -2.57. The molecule has 172 valence electrons. The van der Waals surface area contributed by atoms with Crippen LogP contribution in [0.25, 0.3) is 0 Å². The van der Waals surface area contributed by atoms with Crippen LogP contribution >= 0.6 is 0 Å². The third-order valence-electron chi connectivity index (χ3n) is 10.4. The van der Waals surface area contributed by atoms with Gasteiger partial charge in [-0.3, -0.25) is 4.79 Å². The number of carbonyl (C=O) groups is 1. The van der Waals surface area contributed by atoms with Gasteiger partial charge in [-0.15, -0.1) is 0 Å². The molecule has 31 heavy (non-hydrogen) atoms. The van der Waals surface area contributed by atoms with E-state index >= 15 is 0 Å². The Morgan fingerprint density at radius 3 is 2.55 bits per heavy atom. The molecule has 6 nitrogen and oxygen atoms in total. The Morgan fingerprint density at radius 2 is 1.81 bits per heavy atom. The van der Waals surface area contributed by atoms with E-state index in [0.717, 1.165) is 44.9 Å².